The summed E-state index contributed by atoms with van der Waals surface area (Å²) in [6, 6.07) is 0. The molecule has 0 aliphatic carbocycles. The minimum Gasteiger partial charge on any atom is -0.378 e. The number of rotatable bonds is 4. The summed E-state index contributed by atoms with van der Waals surface area (Å²) < 4.78 is 0. The maximum absolute atomic E-state index is 4.12. The highest BCUT2D eigenvalue weighted by Gasteiger charge is 2.36. The second kappa shape index (κ2) is 4.17. The predicted molar refractivity (Wildman–Crippen MR) is 58.6 cm³/mol. The van der Waals surface area contributed by atoms with Crippen LogP contribution in [0.25, 0.3) is 0 Å². The van der Waals surface area contributed by atoms with E-state index in [9.17, 15) is 0 Å². The topological polar surface area (TPSA) is 3.24 Å². The van der Waals surface area contributed by atoms with Crippen molar-refractivity contribution < 1.29 is 0 Å². The van der Waals surface area contributed by atoms with Crippen LogP contribution in [0.3, 0.4) is 0 Å². The van der Waals surface area contributed by atoms with Gasteiger partial charge in [0.1, 0.15) is 0 Å². The Morgan fingerprint density at radius 1 is 1.31 bits per heavy atom. The lowest BCUT2D eigenvalue weighted by Gasteiger charge is -2.27. The summed E-state index contributed by atoms with van der Waals surface area (Å²) in [5.41, 5.74) is 1.90. The summed E-state index contributed by atoms with van der Waals surface area (Å²) in [5, 5.41) is 0. The highest BCUT2D eigenvalue weighted by Crippen LogP contribution is 2.42. The van der Waals surface area contributed by atoms with Crippen LogP contribution in [0.15, 0.2) is 12.3 Å². The molecule has 0 N–H and O–H groups in total. The minimum absolute atomic E-state index is 0.565. The van der Waals surface area contributed by atoms with Crippen molar-refractivity contribution in [3.05, 3.63) is 12.3 Å². The zero-order valence-electron chi connectivity index (χ0n) is 9.40. The normalized spacial score (nSPS) is 21.2. The predicted octanol–water partition coefficient (Wildman–Crippen LogP) is 3.42. The first kappa shape index (κ1) is 10.6. The molecule has 1 aliphatic heterocycles. The Bertz CT molecular complexity index is 178. The lowest BCUT2D eigenvalue weighted by Crippen LogP contribution is -2.24. The van der Waals surface area contributed by atoms with Gasteiger partial charge in [0.25, 0.3) is 0 Å². The average molecular weight is 181 g/mol. The Balaban J connectivity index is 2.64. The first-order valence-electron chi connectivity index (χ1n) is 5.52. The first-order chi connectivity index (χ1) is 6.13. The van der Waals surface area contributed by atoms with Crippen molar-refractivity contribution in [2.24, 2.45) is 5.41 Å². The number of likely N-dealkylation sites (tertiary alicyclic amines) is 1. The summed E-state index contributed by atoms with van der Waals surface area (Å²) in [7, 11) is 2.18. The van der Waals surface area contributed by atoms with Gasteiger partial charge < -0.3 is 4.90 Å². The maximum atomic E-state index is 4.12. The molecule has 13 heavy (non-hydrogen) atoms. The molecule has 0 unspecified atom stereocenters. The maximum Gasteiger partial charge on any atom is 0.0231 e. The Labute approximate surface area is 82.8 Å². The molecule has 1 saturated heterocycles. The largest absolute Gasteiger partial charge is 0.378 e. The molecule has 0 aromatic heterocycles. The van der Waals surface area contributed by atoms with Gasteiger partial charge in [0.2, 0.25) is 0 Å². The fraction of sp³-hybridized carbons (Fsp3) is 0.833. The van der Waals surface area contributed by atoms with Crippen molar-refractivity contribution >= 4 is 0 Å². The van der Waals surface area contributed by atoms with E-state index in [1.807, 2.05) is 0 Å². The molecule has 0 aromatic rings. The van der Waals surface area contributed by atoms with E-state index in [1.165, 1.54) is 44.3 Å². The quantitative estimate of drug-likeness (QED) is 0.642. The SMILES string of the molecule is C=C1CC(CCC)(CCC)CN1C. The molecule has 1 aliphatic rings. The summed E-state index contributed by atoms with van der Waals surface area (Å²) in [6.45, 7) is 9.93. The average Bonchev–Trinajstić information content (AvgIpc) is 2.29. The second-order valence-corrected chi connectivity index (χ2v) is 4.60. The second-order valence-electron chi connectivity index (χ2n) is 4.60. The molecule has 0 amide bonds. The van der Waals surface area contributed by atoms with Crippen LogP contribution in [0.1, 0.15) is 46.0 Å². The molecule has 1 fully saturated rings. The van der Waals surface area contributed by atoms with Gasteiger partial charge in [-0.1, -0.05) is 33.3 Å². The molecule has 0 atom stereocenters. The summed E-state index contributed by atoms with van der Waals surface area (Å²) >= 11 is 0. The van der Waals surface area contributed by atoms with Gasteiger partial charge >= 0.3 is 0 Å². The summed E-state index contributed by atoms with van der Waals surface area (Å²) in [6.07, 6.45) is 6.57. The van der Waals surface area contributed by atoms with Crippen LogP contribution in [-0.4, -0.2) is 18.5 Å². The van der Waals surface area contributed by atoms with Gasteiger partial charge in [0, 0.05) is 19.3 Å². The van der Waals surface area contributed by atoms with E-state index >= 15 is 0 Å². The molecule has 76 valence electrons. The monoisotopic (exact) mass is 181 g/mol. The van der Waals surface area contributed by atoms with Gasteiger partial charge in [-0.05, 0) is 24.7 Å². The third kappa shape index (κ3) is 2.26. The lowest BCUT2D eigenvalue weighted by atomic mass is 9.78. The fourth-order valence-corrected chi connectivity index (χ4v) is 2.76. The third-order valence-corrected chi connectivity index (χ3v) is 3.25. The van der Waals surface area contributed by atoms with Gasteiger partial charge in [-0.2, -0.15) is 0 Å². The van der Waals surface area contributed by atoms with Crippen LogP contribution in [0.5, 0.6) is 0 Å². The minimum atomic E-state index is 0.565. The molecule has 1 heterocycles. The van der Waals surface area contributed by atoms with E-state index in [0.717, 1.165) is 0 Å². The number of nitrogens with zero attached hydrogens (tertiary/aromatic N) is 1. The molecule has 0 saturated carbocycles. The highest BCUT2D eigenvalue weighted by molar-refractivity contribution is 5.07. The Kier molecular flexibility index (Phi) is 3.40. The van der Waals surface area contributed by atoms with E-state index in [4.69, 9.17) is 0 Å². The highest BCUT2D eigenvalue weighted by atomic mass is 15.1. The van der Waals surface area contributed by atoms with E-state index in [1.54, 1.807) is 0 Å². The molecule has 1 heteroatoms. The van der Waals surface area contributed by atoms with Crippen molar-refractivity contribution in [2.75, 3.05) is 13.6 Å². The van der Waals surface area contributed by atoms with Crippen molar-refractivity contribution in [1.82, 2.24) is 4.90 Å². The van der Waals surface area contributed by atoms with Crippen LogP contribution in [0.4, 0.5) is 0 Å². The zero-order chi connectivity index (χ0) is 9.90. The standard InChI is InChI=1S/C12H23N/c1-5-7-12(8-6-2)9-11(3)13(4)10-12/h3,5-10H2,1-2,4H3. The van der Waals surface area contributed by atoms with Crippen LogP contribution in [0.2, 0.25) is 0 Å². The van der Waals surface area contributed by atoms with Crippen LogP contribution < -0.4 is 0 Å². The molecular formula is C12H23N. The van der Waals surface area contributed by atoms with Crippen molar-refractivity contribution in [3.8, 4) is 0 Å². The van der Waals surface area contributed by atoms with Crippen molar-refractivity contribution in [1.29, 1.82) is 0 Å². The van der Waals surface area contributed by atoms with Gasteiger partial charge in [-0.25, -0.2) is 0 Å². The first-order valence-corrected chi connectivity index (χ1v) is 5.52. The van der Waals surface area contributed by atoms with E-state index in [-0.39, 0.29) is 0 Å². The Hall–Kier alpha value is -0.460. The van der Waals surface area contributed by atoms with Crippen molar-refractivity contribution in [3.63, 3.8) is 0 Å². The van der Waals surface area contributed by atoms with E-state index < -0.39 is 0 Å². The molecule has 1 nitrogen and oxygen atoms in total. The summed E-state index contributed by atoms with van der Waals surface area (Å²) in [4.78, 5) is 2.34. The molecule has 0 bridgehead atoms. The number of hydrogen-bond donors (Lipinski definition) is 0. The van der Waals surface area contributed by atoms with Crippen molar-refractivity contribution in [2.45, 2.75) is 46.0 Å². The van der Waals surface area contributed by atoms with Gasteiger partial charge in [0.15, 0.2) is 0 Å². The lowest BCUT2D eigenvalue weighted by molar-refractivity contribution is 0.237. The Morgan fingerprint density at radius 2 is 1.85 bits per heavy atom. The molecule has 1 rings (SSSR count). The zero-order valence-corrected chi connectivity index (χ0v) is 9.40. The number of allylic oxidation sites excluding steroid dienone is 1. The molecular weight excluding hydrogens is 158 g/mol. The molecule has 0 aromatic carbocycles. The Morgan fingerprint density at radius 3 is 2.15 bits per heavy atom. The number of hydrogen-bond acceptors (Lipinski definition) is 1. The van der Waals surface area contributed by atoms with Crippen LogP contribution >= 0.6 is 0 Å². The van der Waals surface area contributed by atoms with E-state index in [0.29, 0.717) is 5.41 Å². The van der Waals surface area contributed by atoms with Crippen LogP contribution in [0, 0.1) is 5.41 Å². The smallest absolute Gasteiger partial charge is 0.0231 e. The van der Waals surface area contributed by atoms with Gasteiger partial charge in [0.05, 0.1) is 0 Å². The molecule has 0 spiro atoms. The summed E-state index contributed by atoms with van der Waals surface area (Å²) in [5.74, 6) is 0. The van der Waals surface area contributed by atoms with Crippen LogP contribution in [-0.2, 0) is 0 Å². The van der Waals surface area contributed by atoms with E-state index in [2.05, 4.69) is 32.4 Å². The van der Waals surface area contributed by atoms with Gasteiger partial charge in [-0.3, -0.25) is 0 Å². The fourth-order valence-electron chi connectivity index (χ4n) is 2.76. The van der Waals surface area contributed by atoms with Gasteiger partial charge in [-0.15, -0.1) is 0 Å². The molecule has 0 radical (unpaired) electrons. The third-order valence-electron chi connectivity index (χ3n) is 3.25.